The number of aromatic nitrogens is 2. The van der Waals surface area contributed by atoms with E-state index in [0.29, 0.717) is 28.5 Å². The average Bonchev–Trinajstić information content (AvgIpc) is 3.30. The standard InChI is InChI=1S/C25H26FN5O4/c1-30-11-10-27-24(30)23(17-12-19(34-2)14-20(13-17)35-3)28-25(33)21-8-9-22(32)31(29-21)15-16-4-6-18(26)7-5-16/h4-7,10-14,23H,8-9,15H2,1-3H3,(H,28,33). The van der Waals surface area contributed by atoms with E-state index in [9.17, 15) is 14.0 Å². The van der Waals surface area contributed by atoms with Crippen molar-refractivity contribution in [3.05, 3.63) is 77.6 Å². The van der Waals surface area contributed by atoms with Crippen molar-refractivity contribution in [2.75, 3.05) is 14.2 Å². The lowest BCUT2D eigenvalue weighted by Gasteiger charge is -2.25. The van der Waals surface area contributed by atoms with Gasteiger partial charge in [-0.1, -0.05) is 12.1 Å². The first-order chi connectivity index (χ1) is 16.9. The second-order valence-electron chi connectivity index (χ2n) is 8.07. The predicted octanol–water partition coefficient (Wildman–Crippen LogP) is 2.96. The number of carbonyl (C=O) groups excluding carboxylic acids is 2. The summed E-state index contributed by atoms with van der Waals surface area (Å²) in [6, 6.07) is 10.5. The summed E-state index contributed by atoms with van der Waals surface area (Å²) < 4.78 is 25.8. The molecule has 0 radical (unpaired) electrons. The van der Waals surface area contributed by atoms with Gasteiger partial charge in [0, 0.05) is 38.3 Å². The molecule has 2 aromatic carbocycles. The number of amides is 2. The van der Waals surface area contributed by atoms with Crippen molar-refractivity contribution < 1.29 is 23.5 Å². The molecule has 1 aliphatic heterocycles. The largest absolute Gasteiger partial charge is 0.497 e. The molecule has 1 atom stereocenters. The van der Waals surface area contributed by atoms with Crippen LogP contribution in [0.5, 0.6) is 11.5 Å². The number of rotatable bonds is 8. The van der Waals surface area contributed by atoms with Crippen molar-refractivity contribution in [1.29, 1.82) is 0 Å². The van der Waals surface area contributed by atoms with Gasteiger partial charge in [0.2, 0.25) is 5.91 Å². The zero-order chi connectivity index (χ0) is 24.9. The first-order valence-corrected chi connectivity index (χ1v) is 11.0. The predicted molar refractivity (Wildman–Crippen MR) is 126 cm³/mol. The Morgan fingerprint density at radius 1 is 1.11 bits per heavy atom. The number of ether oxygens (including phenoxy) is 2. The molecule has 0 saturated heterocycles. The molecule has 0 saturated carbocycles. The molecule has 0 fully saturated rings. The van der Waals surface area contributed by atoms with Crippen molar-refractivity contribution in [3.8, 4) is 11.5 Å². The third-order valence-corrected chi connectivity index (χ3v) is 5.71. The van der Waals surface area contributed by atoms with Crippen LogP contribution in [-0.2, 0) is 23.2 Å². The molecule has 1 aromatic heterocycles. The van der Waals surface area contributed by atoms with Crippen LogP contribution in [0.4, 0.5) is 4.39 Å². The summed E-state index contributed by atoms with van der Waals surface area (Å²) >= 11 is 0. The highest BCUT2D eigenvalue weighted by Crippen LogP contribution is 2.29. The second-order valence-corrected chi connectivity index (χ2v) is 8.07. The number of hydrazone groups is 1. The summed E-state index contributed by atoms with van der Waals surface area (Å²) in [6.45, 7) is 0.145. The quantitative estimate of drug-likeness (QED) is 0.536. The first kappa shape index (κ1) is 23.9. The van der Waals surface area contributed by atoms with Crippen molar-refractivity contribution in [2.24, 2.45) is 12.1 Å². The van der Waals surface area contributed by atoms with E-state index in [1.54, 1.807) is 56.9 Å². The fourth-order valence-electron chi connectivity index (χ4n) is 3.81. The average molecular weight is 480 g/mol. The number of hydrogen-bond donors (Lipinski definition) is 1. The van der Waals surface area contributed by atoms with E-state index in [4.69, 9.17) is 9.47 Å². The van der Waals surface area contributed by atoms with Gasteiger partial charge < -0.3 is 19.4 Å². The van der Waals surface area contributed by atoms with Gasteiger partial charge in [0.05, 0.1) is 20.8 Å². The van der Waals surface area contributed by atoms with Crippen LogP contribution >= 0.6 is 0 Å². The number of carbonyl (C=O) groups is 2. The Labute approximate surface area is 202 Å². The molecule has 2 heterocycles. The maximum Gasteiger partial charge on any atom is 0.268 e. The maximum atomic E-state index is 13.3. The first-order valence-electron chi connectivity index (χ1n) is 11.0. The van der Waals surface area contributed by atoms with Crippen LogP contribution < -0.4 is 14.8 Å². The van der Waals surface area contributed by atoms with Crippen LogP contribution in [0.3, 0.4) is 0 Å². The number of imidazole rings is 1. The Morgan fingerprint density at radius 3 is 2.40 bits per heavy atom. The third-order valence-electron chi connectivity index (χ3n) is 5.71. The molecular formula is C25H26FN5O4. The Balaban J connectivity index is 1.62. The minimum absolute atomic E-state index is 0.145. The number of methoxy groups -OCH3 is 2. The summed E-state index contributed by atoms with van der Waals surface area (Å²) in [6.07, 6.45) is 3.78. The molecule has 182 valence electrons. The number of hydrogen-bond acceptors (Lipinski definition) is 6. The Bertz CT molecular complexity index is 1230. The Morgan fingerprint density at radius 2 is 1.80 bits per heavy atom. The third kappa shape index (κ3) is 5.48. The zero-order valence-corrected chi connectivity index (χ0v) is 19.7. The number of benzene rings is 2. The maximum absolute atomic E-state index is 13.3. The minimum Gasteiger partial charge on any atom is -0.497 e. The zero-order valence-electron chi connectivity index (χ0n) is 19.7. The number of halogens is 1. The van der Waals surface area contributed by atoms with Crippen LogP contribution in [-0.4, -0.2) is 46.3 Å². The molecule has 0 aliphatic carbocycles. The van der Waals surface area contributed by atoms with Gasteiger partial charge in [-0.15, -0.1) is 0 Å². The van der Waals surface area contributed by atoms with E-state index >= 15 is 0 Å². The molecule has 35 heavy (non-hydrogen) atoms. The normalized spacial score (nSPS) is 14.3. The molecular weight excluding hydrogens is 453 g/mol. The molecule has 0 spiro atoms. The van der Waals surface area contributed by atoms with Crippen molar-refractivity contribution in [3.63, 3.8) is 0 Å². The van der Waals surface area contributed by atoms with Gasteiger partial charge in [-0.05, 0) is 35.4 Å². The van der Waals surface area contributed by atoms with Gasteiger partial charge in [-0.3, -0.25) is 9.59 Å². The van der Waals surface area contributed by atoms with Crippen LogP contribution in [0.2, 0.25) is 0 Å². The van der Waals surface area contributed by atoms with Gasteiger partial charge in [0.1, 0.15) is 34.9 Å². The van der Waals surface area contributed by atoms with Crippen LogP contribution in [0.1, 0.15) is 35.8 Å². The Hall–Kier alpha value is -4.21. The van der Waals surface area contributed by atoms with Gasteiger partial charge >= 0.3 is 0 Å². The minimum atomic E-state index is -0.627. The van der Waals surface area contributed by atoms with E-state index in [1.165, 1.54) is 17.1 Å². The molecule has 1 N–H and O–H groups in total. The highest BCUT2D eigenvalue weighted by atomic mass is 19.1. The van der Waals surface area contributed by atoms with E-state index in [2.05, 4.69) is 15.4 Å². The summed E-state index contributed by atoms with van der Waals surface area (Å²) in [5.41, 5.74) is 1.64. The lowest BCUT2D eigenvalue weighted by molar-refractivity contribution is -0.132. The molecule has 9 nitrogen and oxygen atoms in total. The lowest BCUT2D eigenvalue weighted by Crippen LogP contribution is -2.41. The van der Waals surface area contributed by atoms with E-state index in [1.807, 2.05) is 11.6 Å². The highest BCUT2D eigenvalue weighted by Gasteiger charge is 2.28. The van der Waals surface area contributed by atoms with Crippen molar-refractivity contribution >= 4 is 17.5 Å². The number of nitrogens with zero attached hydrogens (tertiary/aromatic N) is 4. The summed E-state index contributed by atoms with van der Waals surface area (Å²) in [5.74, 6) is 0.749. The van der Waals surface area contributed by atoms with Crippen LogP contribution in [0.25, 0.3) is 0 Å². The Kier molecular flexibility index (Phi) is 7.09. The van der Waals surface area contributed by atoms with Crippen molar-refractivity contribution in [2.45, 2.75) is 25.4 Å². The molecule has 10 heteroatoms. The monoisotopic (exact) mass is 479 g/mol. The molecule has 1 aliphatic rings. The van der Waals surface area contributed by atoms with Crippen LogP contribution in [0, 0.1) is 5.82 Å². The number of aryl methyl sites for hydroxylation is 1. The lowest BCUT2D eigenvalue weighted by atomic mass is 10.0. The van der Waals surface area contributed by atoms with Crippen LogP contribution in [0.15, 0.2) is 60.0 Å². The van der Waals surface area contributed by atoms with Gasteiger partial charge in [0.15, 0.2) is 0 Å². The molecule has 3 aromatic rings. The topological polar surface area (TPSA) is 98.1 Å². The van der Waals surface area contributed by atoms with E-state index in [-0.39, 0.29) is 36.8 Å². The summed E-state index contributed by atoms with van der Waals surface area (Å²) in [4.78, 5) is 30.2. The molecule has 0 bridgehead atoms. The highest BCUT2D eigenvalue weighted by molar-refractivity contribution is 6.39. The summed E-state index contributed by atoms with van der Waals surface area (Å²) in [5, 5.41) is 8.57. The van der Waals surface area contributed by atoms with Gasteiger partial charge in [-0.25, -0.2) is 14.4 Å². The molecule has 2 amide bonds. The van der Waals surface area contributed by atoms with E-state index in [0.717, 1.165) is 0 Å². The second kappa shape index (κ2) is 10.4. The van der Waals surface area contributed by atoms with Crippen molar-refractivity contribution in [1.82, 2.24) is 19.9 Å². The smallest absolute Gasteiger partial charge is 0.268 e. The number of nitrogens with one attached hydrogen (secondary N) is 1. The van der Waals surface area contributed by atoms with Gasteiger partial charge in [0.25, 0.3) is 5.91 Å². The fraction of sp³-hybridized carbons (Fsp3) is 0.280. The molecule has 1 unspecified atom stereocenters. The van der Waals surface area contributed by atoms with E-state index < -0.39 is 11.9 Å². The summed E-state index contributed by atoms with van der Waals surface area (Å²) in [7, 11) is 4.94. The molecule has 4 rings (SSSR count). The van der Waals surface area contributed by atoms with Gasteiger partial charge in [-0.2, -0.15) is 5.10 Å². The SMILES string of the molecule is COc1cc(OC)cc(C(NC(=O)C2=NN(Cc3ccc(F)cc3)C(=O)CC2)c2nccn2C)c1. The fourth-order valence-corrected chi connectivity index (χ4v) is 3.81.